The monoisotopic (exact) mass is 413 g/mol. The minimum Gasteiger partial charge on any atom is -0.258 e. The minimum atomic E-state index is -0.377. The Hall–Kier alpha value is -1.12. The molecule has 100 valence electrons. The Balaban J connectivity index is 1.96. The fourth-order valence-electron chi connectivity index (χ4n) is 1.84. The summed E-state index contributed by atoms with van der Waals surface area (Å²) in [6.07, 6.45) is 0. The molecule has 0 amide bonds. The summed E-state index contributed by atoms with van der Waals surface area (Å²) in [5.74, 6) is 0. The van der Waals surface area contributed by atoms with E-state index in [9.17, 15) is 10.1 Å². The average Bonchev–Trinajstić information content (AvgIpc) is 2.76. The van der Waals surface area contributed by atoms with Crippen molar-refractivity contribution in [3.63, 3.8) is 0 Å². The Kier molecular flexibility index (Phi) is 3.95. The Morgan fingerprint density at radius 2 is 1.80 bits per heavy atom. The predicted molar refractivity (Wildman–Crippen MR) is 91.8 cm³/mol. The van der Waals surface area contributed by atoms with Gasteiger partial charge in [-0.3, -0.25) is 10.1 Å². The van der Waals surface area contributed by atoms with Gasteiger partial charge in [0, 0.05) is 32.0 Å². The second-order valence-corrected chi connectivity index (χ2v) is 8.00. The van der Waals surface area contributed by atoms with E-state index in [1.165, 1.54) is 17.9 Å². The summed E-state index contributed by atoms with van der Waals surface area (Å²) >= 11 is 5.76. The zero-order valence-electron chi connectivity index (χ0n) is 10.1. The van der Waals surface area contributed by atoms with Crippen LogP contribution in [0.5, 0.6) is 0 Å². The molecule has 0 N–H and O–H groups in total. The van der Waals surface area contributed by atoms with Crippen LogP contribution in [0.1, 0.15) is 0 Å². The number of benzene rings is 2. The van der Waals surface area contributed by atoms with Crippen LogP contribution in [0.4, 0.5) is 5.69 Å². The average molecular weight is 413 g/mol. The van der Waals surface area contributed by atoms with E-state index in [-0.39, 0.29) is 10.6 Å². The molecule has 3 rings (SSSR count). The quantitative estimate of drug-likeness (QED) is 0.321. The summed E-state index contributed by atoms with van der Waals surface area (Å²) in [6.45, 7) is 0. The molecule has 3 aromatic rings. The van der Waals surface area contributed by atoms with Crippen molar-refractivity contribution in [3.05, 3.63) is 61.5 Å². The maximum absolute atomic E-state index is 10.7. The number of halogens is 1. The van der Waals surface area contributed by atoms with Gasteiger partial charge >= 0.3 is 0 Å². The Morgan fingerprint density at radius 3 is 2.50 bits per heavy atom. The van der Waals surface area contributed by atoms with E-state index in [1.807, 2.05) is 12.1 Å². The lowest BCUT2D eigenvalue weighted by molar-refractivity contribution is -0.384. The van der Waals surface area contributed by atoms with Crippen LogP contribution in [0.3, 0.4) is 0 Å². The van der Waals surface area contributed by atoms with Gasteiger partial charge in [0.05, 0.1) is 7.81 Å². The highest BCUT2D eigenvalue weighted by atomic mass is 127. The van der Waals surface area contributed by atoms with Gasteiger partial charge in [0.25, 0.3) is 5.69 Å². The molecule has 0 bridgehead atoms. The molecule has 1 aromatic heterocycles. The molecule has 0 aliphatic rings. The molecule has 0 unspecified atom stereocenters. The van der Waals surface area contributed by atoms with E-state index in [4.69, 9.17) is 0 Å². The van der Waals surface area contributed by atoms with Crippen LogP contribution < -0.4 is 0 Å². The highest BCUT2D eigenvalue weighted by molar-refractivity contribution is 14.1. The van der Waals surface area contributed by atoms with Crippen LogP contribution in [0.15, 0.2) is 58.3 Å². The highest BCUT2D eigenvalue weighted by Gasteiger charge is 2.12. The standard InChI is InChI=1S/C14H8INO2S2/c15-14-13(11-3-1-2-4-12(11)20-14)19-10-7-5-9(6-8-10)16(17)18/h1-8H. The van der Waals surface area contributed by atoms with Crippen molar-refractivity contribution in [3.8, 4) is 0 Å². The number of non-ortho nitro benzene ring substituents is 1. The van der Waals surface area contributed by atoms with Crippen molar-refractivity contribution in [2.45, 2.75) is 9.79 Å². The fraction of sp³-hybridized carbons (Fsp3) is 0. The van der Waals surface area contributed by atoms with Crippen molar-refractivity contribution in [1.82, 2.24) is 0 Å². The van der Waals surface area contributed by atoms with Gasteiger partial charge in [0.2, 0.25) is 0 Å². The van der Waals surface area contributed by atoms with Crippen molar-refractivity contribution in [2.75, 3.05) is 0 Å². The lowest BCUT2D eigenvalue weighted by Gasteiger charge is -2.01. The van der Waals surface area contributed by atoms with Crippen molar-refractivity contribution >= 4 is 61.5 Å². The first-order valence-corrected chi connectivity index (χ1v) is 8.45. The van der Waals surface area contributed by atoms with Crippen LogP contribution in [0, 0.1) is 13.0 Å². The van der Waals surface area contributed by atoms with Crippen LogP contribution >= 0.6 is 45.7 Å². The molecule has 0 radical (unpaired) electrons. The molecule has 0 atom stereocenters. The Morgan fingerprint density at radius 1 is 1.10 bits per heavy atom. The number of nitro benzene ring substituents is 1. The number of hydrogen-bond donors (Lipinski definition) is 0. The van der Waals surface area contributed by atoms with Crippen LogP contribution in [0.2, 0.25) is 0 Å². The third kappa shape index (κ3) is 2.68. The number of fused-ring (bicyclic) bond motifs is 1. The molecular weight excluding hydrogens is 405 g/mol. The third-order valence-electron chi connectivity index (χ3n) is 2.78. The second-order valence-electron chi connectivity index (χ2n) is 4.05. The summed E-state index contributed by atoms with van der Waals surface area (Å²) in [5, 5.41) is 11.9. The summed E-state index contributed by atoms with van der Waals surface area (Å²) in [6, 6.07) is 15.0. The van der Waals surface area contributed by atoms with E-state index in [0.717, 1.165) is 4.90 Å². The van der Waals surface area contributed by atoms with Gasteiger partial charge < -0.3 is 0 Å². The molecule has 0 fully saturated rings. The summed E-state index contributed by atoms with van der Waals surface area (Å²) < 4.78 is 2.51. The highest BCUT2D eigenvalue weighted by Crippen LogP contribution is 2.42. The van der Waals surface area contributed by atoms with E-state index in [2.05, 4.69) is 34.7 Å². The number of nitrogens with zero attached hydrogens (tertiary/aromatic N) is 1. The first-order chi connectivity index (χ1) is 9.65. The molecule has 2 aromatic carbocycles. The van der Waals surface area contributed by atoms with Gasteiger partial charge in [-0.1, -0.05) is 30.0 Å². The largest absolute Gasteiger partial charge is 0.269 e. The van der Waals surface area contributed by atoms with Crippen molar-refractivity contribution < 1.29 is 4.92 Å². The molecule has 0 aliphatic heterocycles. The summed E-state index contributed by atoms with van der Waals surface area (Å²) in [4.78, 5) is 12.5. The number of hydrogen-bond acceptors (Lipinski definition) is 4. The second kappa shape index (κ2) is 5.71. The molecule has 0 spiro atoms. The third-order valence-corrected chi connectivity index (χ3v) is 6.57. The first-order valence-electron chi connectivity index (χ1n) is 5.74. The molecule has 0 aliphatic carbocycles. The predicted octanol–water partition coefficient (Wildman–Crippen LogP) is 5.57. The zero-order chi connectivity index (χ0) is 14.1. The van der Waals surface area contributed by atoms with E-state index >= 15 is 0 Å². The van der Waals surface area contributed by atoms with Gasteiger partial charge in [0.15, 0.2) is 0 Å². The molecule has 1 heterocycles. The Bertz CT molecular complexity index is 783. The van der Waals surface area contributed by atoms with Crippen LogP contribution in [-0.4, -0.2) is 4.92 Å². The lowest BCUT2D eigenvalue weighted by atomic mass is 10.3. The molecular formula is C14H8INO2S2. The SMILES string of the molecule is O=[N+]([O-])c1ccc(Sc2c(I)sc3ccccc23)cc1. The lowest BCUT2D eigenvalue weighted by Crippen LogP contribution is -1.86. The van der Waals surface area contributed by atoms with Gasteiger partial charge in [-0.15, -0.1) is 11.3 Å². The first kappa shape index (κ1) is 13.8. The normalized spacial score (nSPS) is 10.8. The van der Waals surface area contributed by atoms with Gasteiger partial charge in [-0.2, -0.15) is 0 Å². The maximum atomic E-state index is 10.7. The topological polar surface area (TPSA) is 43.1 Å². The molecule has 0 saturated carbocycles. The van der Waals surface area contributed by atoms with Gasteiger partial charge in [-0.05, 0) is 40.8 Å². The van der Waals surface area contributed by atoms with Gasteiger partial charge in [0.1, 0.15) is 0 Å². The molecule has 6 heteroatoms. The molecule has 20 heavy (non-hydrogen) atoms. The van der Waals surface area contributed by atoms with Crippen molar-refractivity contribution in [2.24, 2.45) is 0 Å². The summed E-state index contributed by atoms with van der Waals surface area (Å²) in [5.41, 5.74) is 0.124. The zero-order valence-corrected chi connectivity index (χ0v) is 13.9. The van der Waals surface area contributed by atoms with Crippen LogP contribution in [-0.2, 0) is 0 Å². The molecule has 0 saturated heterocycles. The van der Waals surface area contributed by atoms with E-state index < -0.39 is 0 Å². The number of thiophene rings is 1. The van der Waals surface area contributed by atoms with E-state index in [1.54, 1.807) is 47.4 Å². The number of nitro groups is 1. The Labute approximate surface area is 137 Å². The summed E-state index contributed by atoms with van der Waals surface area (Å²) in [7, 11) is 0. The van der Waals surface area contributed by atoms with Crippen LogP contribution in [0.25, 0.3) is 10.1 Å². The van der Waals surface area contributed by atoms with Gasteiger partial charge in [-0.25, -0.2) is 0 Å². The maximum Gasteiger partial charge on any atom is 0.269 e. The van der Waals surface area contributed by atoms with E-state index in [0.29, 0.717) is 0 Å². The fourth-order valence-corrected chi connectivity index (χ4v) is 5.19. The molecule has 3 nitrogen and oxygen atoms in total. The number of rotatable bonds is 3. The minimum absolute atomic E-state index is 0.124. The smallest absolute Gasteiger partial charge is 0.258 e. The van der Waals surface area contributed by atoms with Crippen molar-refractivity contribution in [1.29, 1.82) is 0 Å².